The van der Waals surface area contributed by atoms with Gasteiger partial charge in [-0.3, -0.25) is 0 Å². The Morgan fingerprint density at radius 1 is 1.37 bits per heavy atom. The number of oxime groups is 1. The van der Waals surface area contributed by atoms with Crippen LogP contribution >= 0.6 is 0 Å². The van der Waals surface area contributed by atoms with Crippen molar-refractivity contribution in [2.45, 2.75) is 6.92 Å². The number of hydrogen-bond donors (Lipinski definition) is 2. The van der Waals surface area contributed by atoms with Crippen LogP contribution in [0.15, 0.2) is 35.7 Å². The molecule has 6 nitrogen and oxygen atoms in total. The molecule has 0 aliphatic rings. The largest absolute Gasteiger partial charge is 0.399 e. The number of nitrogens with one attached hydrogen (secondary N) is 1. The summed E-state index contributed by atoms with van der Waals surface area (Å²) in [4.78, 5) is 12.8. The maximum Gasteiger partial charge on any atom is 0.144 e. The summed E-state index contributed by atoms with van der Waals surface area (Å²) in [7, 11) is 1.46. The molecule has 1 heterocycles. The Bertz CT molecular complexity index is 597. The first kappa shape index (κ1) is 12.8. The Morgan fingerprint density at radius 3 is 2.95 bits per heavy atom. The third kappa shape index (κ3) is 3.19. The van der Waals surface area contributed by atoms with E-state index < -0.39 is 0 Å². The van der Waals surface area contributed by atoms with E-state index in [-0.39, 0.29) is 0 Å². The first-order valence-corrected chi connectivity index (χ1v) is 5.71. The van der Waals surface area contributed by atoms with Crippen molar-refractivity contribution in [1.82, 2.24) is 9.97 Å². The van der Waals surface area contributed by atoms with E-state index in [9.17, 15) is 0 Å². The first-order valence-electron chi connectivity index (χ1n) is 5.71. The molecule has 0 amide bonds. The Balaban J connectivity index is 2.34. The normalized spacial score (nSPS) is 10.6. The number of benzene rings is 1. The Kier molecular flexibility index (Phi) is 3.92. The maximum atomic E-state index is 5.81. The van der Waals surface area contributed by atoms with Crippen LogP contribution in [0.2, 0.25) is 0 Å². The molecule has 2 rings (SSSR count). The molecular formula is C13H15N5O. The minimum Gasteiger partial charge on any atom is -0.399 e. The van der Waals surface area contributed by atoms with Gasteiger partial charge in [-0.1, -0.05) is 17.3 Å². The molecule has 0 saturated heterocycles. The van der Waals surface area contributed by atoms with E-state index >= 15 is 0 Å². The molecule has 0 unspecified atom stereocenters. The number of aryl methyl sites for hydroxylation is 1. The van der Waals surface area contributed by atoms with E-state index in [1.54, 1.807) is 0 Å². The molecule has 3 N–H and O–H groups in total. The third-order valence-corrected chi connectivity index (χ3v) is 2.48. The van der Waals surface area contributed by atoms with Gasteiger partial charge in [-0.2, -0.15) is 0 Å². The number of aromatic nitrogens is 2. The van der Waals surface area contributed by atoms with Crippen molar-refractivity contribution >= 4 is 23.5 Å². The van der Waals surface area contributed by atoms with Gasteiger partial charge in [-0.25, -0.2) is 9.97 Å². The van der Waals surface area contributed by atoms with Crippen LogP contribution in [0, 0.1) is 6.92 Å². The molecule has 1 aromatic carbocycles. The lowest BCUT2D eigenvalue weighted by molar-refractivity contribution is 0.215. The van der Waals surface area contributed by atoms with E-state index in [4.69, 9.17) is 5.73 Å². The number of nitrogens with two attached hydrogens (primary N) is 1. The fraction of sp³-hybridized carbons (Fsp3) is 0.154. The molecule has 19 heavy (non-hydrogen) atoms. The molecule has 98 valence electrons. The van der Waals surface area contributed by atoms with Crippen molar-refractivity contribution in [2.75, 3.05) is 18.2 Å². The highest BCUT2D eigenvalue weighted by Gasteiger charge is 2.07. The highest BCUT2D eigenvalue weighted by molar-refractivity contribution is 5.92. The highest BCUT2D eigenvalue weighted by atomic mass is 16.6. The van der Waals surface area contributed by atoms with Crippen molar-refractivity contribution < 1.29 is 4.84 Å². The summed E-state index contributed by atoms with van der Waals surface area (Å²) >= 11 is 0. The second-order valence-corrected chi connectivity index (χ2v) is 3.93. The van der Waals surface area contributed by atoms with Gasteiger partial charge in [0.25, 0.3) is 0 Å². The van der Waals surface area contributed by atoms with Crippen LogP contribution in [0.3, 0.4) is 0 Å². The smallest absolute Gasteiger partial charge is 0.144 e. The molecule has 0 atom stereocenters. The van der Waals surface area contributed by atoms with Gasteiger partial charge in [-0.05, 0) is 24.6 Å². The van der Waals surface area contributed by atoms with Crippen LogP contribution in [-0.2, 0) is 4.84 Å². The molecule has 2 aromatic rings. The van der Waals surface area contributed by atoms with Gasteiger partial charge in [0.1, 0.15) is 25.1 Å². The van der Waals surface area contributed by atoms with Crippen LogP contribution in [0.25, 0.3) is 0 Å². The van der Waals surface area contributed by atoms with E-state index in [2.05, 4.69) is 25.3 Å². The average molecular weight is 257 g/mol. The molecule has 0 aliphatic heterocycles. The summed E-state index contributed by atoms with van der Waals surface area (Å²) in [5, 5.41) is 6.88. The van der Waals surface area contributed by atoms with Gasteiger partial charge in [0, 0.05) is 5.69 Å². The predicted molar refractivity (Wildman–Crippen MR) is 75.5 cm³/mol. The highest BCUT2D eigenvalue weighted by Crippen LogP contribution is 2.20. The van der Waals surface area contributed by atoms with E-state index in [1.165, 1.54) is 19.7 Å². The van der Waals surface area contributed by atoms with Crippen LogP contribution in [0.4, 0.5) is 17.3 Å². The maximum absolute atomic E-state index is 5.81. The second kappa shape index (κ2) is 5.81. The third-order valence-electron chi connectivity index (χ3n) is 2.48. The van der Waals surface area contributed by atoms with Crippen molar-refractivity contribution in [3.05, 3.63) is 41.7 Å². The lowest BCUT2D eigenvalue weighted by Gasteiger charge is -2.09. The number of hydrogen-bond acceptors (Lipinski definition) is 6. The molecule has 0 fully saturated rings. The zero-order valence-electron chi connectivity index (χ0n) is 10.8. The van der Waals surface area contributed by atoms with Crippen molar-refractivity contribution in [2.24, 2.45) is 5.16 Å². The molecule has 0 aliphatic carbocycles. The topological polar surface area (TPSA) is 85.4 Å². The lowest BCUT2D eigenvalue weighted by atomic mass is 10.2. The van der Waals surface area contributed by atoms with Crippen molar-refractivity contribution in [1.29, 1.82) is 0 Å². The van der Waals surface area contributed by atoms with Gasteiger partial charge in [0.15, 0.2) is 0 Å². The molecule has 0 saturated carbocycles. The standard InChI is InChI=1S/C13H15N5O/c1-9-4-3-5-10(6-9)18-13-11(7-17-19-2)12(14)15-8-16-13/h3-8H,1-2H3,(H3,14,15,16,18). The number of nitrogens with zero attached hydrogens (tertiary/aromatic N) is 3. The van der Waals surface area contributed by atoms with Gasteiger partial charge in [0.2, 0.25) is 0 Å². The number of nitrogen functional groups attached to an aromatic ring is 1. The summed E-state index contributed by atoms with van der Waals surface area (Å²) in [6, 6.07) is 7.94. The zero-order valence-corrected chi connectivity index (χ0v) is 10.8. The summed E-state index contributed by atoms with van der Waals surface area (Å²) in [6.45, 7) is 2.02. The summed E-state index contributed by atoms with van der Waals surface area (Å²) in [5.74, 6) is 0.921. The Labute approximate surface area is 111 Å². The van der Waals surface area contributed by atoms with Crippen LogP contribution in [0.5, 0.6) is 0 Å². The SMILES string of the molecule is CON=Cc1c(N)ncnc1Nc1cccc(C)c1. The molecule has 1 aromatic heterocycles. The second-order valence-electron chi connectivity index (χ2n) is 3.93. The van der Waals surface area contributed by atoms with Crippen LogP contribution in [-0.4, -0.2) is 23.3 Å². The number of anilines is 3. The van der Waals surface area contributed by atoms with E-state index in [0.29, 0.717) is 17.2 Å². The van der Waals surface area contributed by atoms with Gasteiger partial charge in [-0.15, -0.1) is 0 Å². The fourth-order valence-electron chi connectivity index (χ4n) is 1.60. The first-order chi connectivity index (χ1) is 9.20. The average Bonchev–Trinajstić information content (AvgIpc) is 2.38. The van der Waals surface area contributed by atoms with Gasteiger partial charge < -0.3 is 15.9 Å². The van der Waals surface area contributed by atoms with E-state index in [0.717, 1.165) is 11.3 Å². The number of rotatable bonds is 4. The monoisotopic (exact) mass is 257 g/mol. The Morgan fingerprint density at radius 2 is 2.21 bits per heavy atom. The fourth-order valence-corrected chi connectivity index (χ4v) is 1.60. The summed E-state index contributed by atoms with van der Waals surface area (Å²) in [5.41, 5.74) is 8.47. The van der Waals surface area contributed by atoms with Gasteiger partial charge >= 0.3 is 0 Å². The zero-order chi connectivity index (χ0) is 13.7. The Hall–Kier alpha value is -2.63. The molecule has 0 bridgehead atoms. The van der Waals surface area contributed by atoms with Crippen molar-refractivity contribution in [3.63, 3.8) is 0 Å². The molecular weight excluding hydrogens is 242 g/mol. The quantitative estimate of drug-likeness (QED) is 0.647. The molecule has 6 heteroatoms. The lowest BCUT2D eigenvalue weighted by Crippen LogP contribution is -2.05. The van der Waals surface area contributed by atoms with Gasteiger partial charge in [0.05, 0.1) is 11.8 Å². The summed E-state index contributed by atoms with van der Waals surface area (Å²) in [6.07, 6.45) is 2.88. The molecule has 0 radical (unpaired) electrons. The molecule has 0 spiro atoms. The van der Waals surface area contributed by atoms with Crippen LogP contribution < -0.4 is 11.1 Å². The van der Waals surface area contributed by atoms with Crippen molar-refractivity contribution in [3.8, 4) is 0 Å². The summed E-state index contributed by atoms with van der Waals surface area (Å²) < 4.78 is 0. The minimum absolute atomic E-state index is 0.339. The van der Waals surface area contributed by atoms with E-state index in [1.807, 2.05) is 31.2 Å². The minimum atomic E-state index is 0.339. The predicted octanol–water partition coefficient (Wildman–Crippen LogP) is 2.09. The van der Waals surface area contributed by atoms with Crippen LogP contribution in [0.1, 0.15) is 11.1 Å².